The van der Waals surface area contributed by atoms with Crippen molar-refractivity contribution in [3.8, 4) is 0 Å². The van der Waals surface area contributed by atoms with E-state index in [9.17, 15) is 5.11 Å². The molecular formula is C30H50O. The van der Waals surface area contributed by atoms with Crippen LogP contribution in [-0.4, -0.2) is 11.2 Å². The molecule has 0 aliphatic heterocycles. The number of allylic oxidation sites excluding steroid dienone is 3. The molecule has 0 saturated heterocycles. The van der Waals surface area contributed by atoms with E-state index in [1.807, 2.05) is 0 Å². The number of aliphatic hydroxyl groups is 1. The highest BCUT2D eigenvalue weighted by Crippen LogP contribution is 2.67. The first-order chi connectivity index (χ1) is 14.6. The van der Waals surface area contributed by atoms with Crippen LogP contribution >= 0.6 is 0 Å². The van der Waals surface area contributed by atoms with Crippen molar-refractivity contribution in [2.45, 2.75) is 106 Å². The lowest BCUT2D eigenvalue weighted by atomic mass is 9.47. The first-order valence-corrected chi connectivity index (χ1v) is 13.6. The van der Waals surface area contributed by atoms with Gasteiger partial charge in [-0.25, -0.2) is 0 Å². The third kappa shape index (κ3) is 4.00. The van der Waals surface area contributed by atoms with Crippen molar-refractivity contribution in [3.05, 3.63) is 23.8 Å². The van der Waals surface area contributed by atoms with E-state index in [0.717, 1.165) is 48.3 Å². The maximum atomic E-state index is 10.3. The fraction of sp³-hybridized carbons (Fsp3) is 0.867. The molecule has 4 rings (SSSR count). The fourth-order valence-electron chi connectivity index (χ4n) is 9.20. The average molecular weight is 427 g/mol. The summed E-state index contributed by atoms with van der Waals surface area (Å²) in [5, 5.41) is 10.3. The lowest BCUT2D eigenvalue weighted by molar-refractivity contribution is -0.0540. The van der Waals surface area contributed by atoms with Crippen molar-refractivity contribution < 1.29 is 5.11 Å². The molecular weight excluding hydrogens is 376 g/mol. The summed E-state index contributed by atoms with van der Waals surface area (Å²) >= 11 is 0. The lowest BCUT2D eigenvalue weighted by Crippen LogP contribution is -2.50. The van der Waals surface area contributed by atoms with E-state index in [2.05, 4.69) is 66.7 Å². The highest BCUT2D eigenvalue weighted by molar-refractivity contribution is 5.25. The Morgan fingerprint density at radius 1 is 0.903 bits per heavy atom. The second-order valence-electron chi connectivity index (χ2n) is 13.2. The van der Waals surface area contributed by atoms with Crippen LogP contribution in [0.1, 0.15) is 99.8 Å². The Morgan fingerprint density at radius 2 is 1.61 bits per heavy atom. The average Bonchev–Trinajstić information content (AvgIpc) is 3.05. The number of fused-ring (bicyclic) bond motifs is 5. The topological polar surface area (TPSA) is 20.2 Å². The molecule has 8 atom stereocenters. The van der Waals surface area contributed by atoms with Crippen LogP contribution in [0.15, 0.2) is 23.8 Å². The standard InChI is InChI=1S/C30H50O/c1-19(2)24(20(3)4)10-8-21(5)26-12-13-27-25-11-9-22-18-23(31)14-16-29(22,6)28(25)15-17-30(26,27)7/h8-10,19-21,23-28,31H,11-18H2,1-7H3/b10-8+/t21-,23-,25+,26-,27+,28+,29+,30-/m1/s1. The summed E-state index contributed by atoms with van der Waals surface area (Å²) in [5.41, 5.74) is 2.50. The van der Waals surface area contributed by atoms with Crippen molar-refractivity contribution in [2.24, 2.45) is 58.2 Å². The minimum absolute atomic E-state index is 0.0891. The summed E-state index contributed by atoms with van der Waals surface area (Å²) in [6.45, 7) is 17.3. The monoisotopic (exact) mass is 426 g/mol. The zero-order valence-corrected chi connectivity index (χ0v) is 21.5. The summed E-state index contributed by atoms with van der Waals surface area (Å²) in [4.78, 5) is 0. The van der Waals surface area contributed by atoms with Crippen LogP contribution in [0.4, 0.5) is 0 Å². The zero-order chi connectivity index (χ0) is 22.6. The molecule has 0 unspecified atom stereocenters. The van der Waals surface area contributed by atoms with Crippen molar-refractivity contribution in [1.29, 1.82) is 0 Å². The minimum atomic E-state index is -0.0891. The van der Waals surface area contributed by atoms with E-state index in [-0.39, 0.29) is 6.10 Å². The predicted octanol–water partition coefficient (Wildman–Crippen LogP) is 8.05. The molecule has 1 heteroatoms. The number of aliphatic hydroxyl groups excluding tert-OH is 1. The second kappa shape index (κ2) is 8.66. The Morgan fingerprint density at radius 3 is 2.29 bits per heavy atom. The Kier molecular flexibility index (Phi) is 6.59. The largest absolute Gasteiger partial charge is 0.393 e. The van der Waals surface area contributed by atoms with E-state index >= 15 is 0 Å². The molecule has 3 saturated carbocycles. The van der Waals surface area contributed by atoms with Gasteiger partial charge in [0.05, 0.1) is 6.10 Å². The molecule has 4 aliphatic rings. The van der Waals surface area contributed by atoms with Crippen LogP contribution < -0.4 is 0 Å². The van der Waals surface area contributed by atoms with Gasteiger partial charge < -0.3 is 5.11 Å². The van der Waals surface area contributed by atoms with E-state index < -0.39 is 0 Å². The van der Waals surface area contributed by atoms with E-state index in [1.54, 1.807) is 5.57 Å². The number of hydrogen-bond acceptors (Lipinski definition) is 1. The van der Waals surface area contributed by atoms with Gasteiger partial charge in [0.25, 0.3) is 0 Å². The van der Waals surface area contributed by atoms with Gasteiger partial charge in [0.1, 0.15) is 0 Å². The molecule has 1 nitrogen and oxygen atoms in total. The van der Waals surface area contributed by atoms with Gasteiger partial charge in [0, 0.05) is 0 Å². The number of hydrogen-bond donors (Lipinski definition) is 1. The Labute approximate surface area is 193 Å². The fourth-order valence-corrected chi connectivity index (χ4v) is 9.20. The number of rotatable bonds is 5. The molecule has 0 aromatic heterocycles. The SMILES string of the molecule is CC(C)C(/C=C/[C@@H](C)[C@H]1CC[C@H]2[C@@H]3CC=C4C[C@H](O)CC[C@]4(C)[C@H]3CC[C@]12C)C(C)C. The van der Waals surface area contributed by atoms with Crippen molar-refractivity contribution in [2.75, 3.05) is 0 Å². The highest BCUT2D eigenvalue weighted by atomic mass is 16.3. The second-order valence-corrected chi connectivity index (χ2v) is 13.2. The van der Waals surface area contributed by atoms with Gasteiger partial charge in [-0.05, 0) is 110 Å². The summed E-state index contributed by atoms with van der Waals surface area (Å²) in [7, 11) is 0. The summed E-state index contributed by atoms with van der Waals surface area (Å²) < 4.78 is 0. The smallest absolute Gasteiger partial charge is 0.0577 e. The van der Waals surface area contributed by atoms with Crippen molar-refractivity contribution >= 4 is 0 Å². The highest BCUT2D eigenvalue weighted by Gasteiger charge is 2.58. The van der Waals surface area contributed by atoms with Gasteiger partial charge >= 0.3 is 0 Å². The normalized spacial score (nSPS) is 43.8. The van der Waals surface area contributed by atoms with Gasteiger partial charge in [-0.15, -0.1) is 0 Å². The van der Waals surface area contributed by atoms with Crippen LogP contribution in [-0.2, 0) is 0 Å². The summed E-state index contributed by atoms with van der Waals surface area (Å²) in [6.07, 6.45) is 17.8. The quantitative estimate of drug-likeness (QED) is 0.441. The third-order valence-corrected chi connectivity index (χ3v) is 11.0. The molecule has 4 aliphatic carbocycles. The molecule has 1 N–H and O–H groups in total. The van der Waals surface area contributed by atoms with Gasteiger partial charge in [-0.3, -0.25) is 0 Å². The molecule has 0 radical (unpaired) electrons. The van der Waals surface area contributed by atoms with E-state index in [1.165, 1.54) is 38.5 Å². The van der Waals surface area contributed by atoms with Crippen molar-refractivity contribution in [1.82, 2.24) is 0 Å². The first kappa shape index (κ1) is 23.6. The Hall–Kier alpha value is -0.560. The van der Waals surface area contributed by atoms with E-state index in [4.69, 9.17) is 0 Å². The molecule has 3 fully saturated rings. The zero-order valence-electron chi connectivity index (χ0n) is 21.5. The summed E-state index contributed by atoms with van der Waals surface area (Å²) in [5.74, 6) is 6.33. The molecule has 0 amide bonds. The van der Waals surface area contributed by atoms with Gasteiger partial charge in [0.2, 0.25) is 0 Å². The predicted molar refractivity (Wildman–Crippen MR) is 133 cm³/mol. The van der Waals surface area contributed by atoms with Gasteiger partial charge in [-0.2, -0.15) is 0 Å². The van der Waals surface area contributed by atoms with Crippen LogP contribution in [0.5, 0.6) is 0 Å². The third-order valence-electron chi connectivity index (χ3n) is 11.0. The molecule has 0 aromatic rings. The molecule has 31 heavy (non-hydrogen) atoms. The maximum Gasteiger partial charge on any atom is 0.0577 e. The summed E-state index contributed by atoms with van der Waals surface area (Å²) in [6, 6.07) is 0. The van der Waals surface area contributed by atoms with E-state index in [0.29, 0.717) is 22.7 Å². The Bertz CT molecular complexity index is 693. The molecule has 176 valence electrons. The van der Waals surface area contributed by atoms with Gasteiger partial charge in [0.15, 0.2) is 0 Å². The van der Waals surface area contributed by atoms with Crippen LogP contribution in [0, 0.1) is 58.2 Å². The molecule has 0 spiro atoms. The molecule has 0 aromatic carbocycles. The maximum absolute atomic E-state index is 10.3. The van der Waals surface area contributed by atoms with Crippen LogP contribution in [0.25, 0.3) is 0 Å². The Balaban J connectivity index is 1.52. The first-order valence-electron chi connectivity index (χ1n) is 13.6. The van der Waals surface area contributed by atoms with Crippen LogP contribution in [0.2, 0.25) is 0 Å². The van der Waals surface area contributed by atoms with Crippen molar-refractivity contribution in [3.63, 3.8) is 0 Å². The van der Waals surface area contributed by atoms with Crippen LogP contribution in [0.3, 0.4) is 0 Å². The molecule has 0 heterocycles. The minimum Gasteiger partial charge on any atom is -0.393 e. The van der Waals surface area contributed by atoms with Gasteiger partial charge in [-0.1, -0.05) is 72.3 Å². The molecule has 0 bridgehead atoms. The lowest BCUT2D eigenvalue weighted by Gasteiger charge is -2.58.